The number of benzene rings is 2. The van der Waals surface area contributed by atoms with Crippen LogP contribution < -0.4 is 9.46 Å². The van der Waals surface area contributed by atoms with Crippen LogP contribution in [0.5, 0.6) is 5.75 Å². The van der Waals surface area contributed by atoms with Gasteiger partial charge in [-0.2, -0.15) is 0 Å². The van der Waals surface area contributed by atoms with Crippen LogP contribution in [0.15, 0.2) is 47.4 Å². The minimum Gasteiger partial charge on any atom is -0.495 e. The summed E-state index contributed by atoms with van der Waals surface area (Å²) in [6.45, 7) is 1.30. The maximum atomic E-state index is 12.7. The smallest absolute Gasteiger partial charge is 0.344 e. The normalized spacial score (nSPS) is 10.8. The number of anilines is 1. The van der Waals surface area contributed by atoms with Gasteiger partial charge in [-0.05, 0) is 37.3 Å². The first-order valence-electron chi connectivity index (χ1n) is 7.78. The molecule has 0 saturated heterocycles. The maximum absolute atomic E-state index is 12.7. The molecule has 0 bridgehead atoms. The summed E-state index contributed by atoms with van der Waals surface area (Å²) < 4.78 is 42.2. The SMILES string of the molecule is COC(=O)COC(=O)c1ccc(OC)c(S(=O)(=O)Nc2ccc(C)cc2)c1. The molecule has 0 amide bonds. The molecule has 0 unspecified atom stereocenters. The molecule has 0 aliphatic carbocycles. The fourth-order valence-electron chi connectivity index (χ4n) is 2.11. The fraction of sp³-hybridized carbons (Fsp3) is 0.222. The first-order valence-corrected chi connectivity index (χ1v) is 9.26. The molecule has 144 valence electrons. The molecule has 0 fully saturated rings. The lowest BCUT2D eigenvalue weighted by atomic mass is 10.2. The lowest BCUT2D eigenvalue weighted by molar-refractivity contribution is -0.144. The summed E-state index contributed by atoms with van der Waals surface area (Å²) >= 11 is 0. The average molecular weight is 393 g/mol. The number of nitrogens with one attached hydrogen (secondary N) is 1. The van der Waals surface area contributed by atoms with E-state index < -0.39 is 28.6 Å². The van der Waals surface area contributed by atoms with Crippen LogP contribution >= 0.6 is 0 Å². The van der Waals surface area contributed by atoms with Crippen LogP contribution in [0.2, 0.25) is 0 Å². The number of aryl methyl sites for hydroxylation is 1. The lowest BCUT2D eigenvalue weighted by Gasteiger charge is -2.13. The topological polar surface area (TPSA) is 108 Å². The molecule has 0 saturated carbocycles. The molecule has 0 atom stereocenters. The van der Waals surface area contributed by atoms with Crippen molar-refractivity contribution < 1.29 is 32.2 Å². The number of hydrogen-bond donors (Lipinski definition) is 1. The van der Waals surface area contributed by atoms with Gasteiger partial charge in [-0.15, -0.1) is 0 Å². The zero-order valence-electron chi connectivity index (χ0n) is 15.0. The summed E-state index contributed by atoms with van der Waals surface area (Å²) in [5.41, 5.74) is 1.29. The molecular weight excluding hydrogens is 374 g/mol. The van der Waals surface area contributed by atoms with Gasteiger partial charge in [0.1, 0.15) is 10.6 Å². The molecule has 2 aromatic rings. The van der Waals surface area contributed by atoms with Gasteiger partial charge in [-0.3, -0.25) is 4.72 Å². The van der Waals surface area contributed by atoms with Crippen molar-refractivity contribution in [2.24, 2.45) is 0 Å². The van der Waals surface area contributed by atoms with Gasteiger partial charge in [-0.25, -0.2) is 18.0 Å². The summed E-state index contributed by atoms with van der Waals surface area (Å²) in [6.07, 6.45) is 0. The molecule has 0 aromatic heterocycles. The minimum atomic E-state index is -4.04. The van der Waals surface area contributed by atoms with Crippen LogP contribution in [0.3, 0.4) is 0 Å². The van der Waals surface area contributed by atoms with E-state index in [1.807, 2.05) is 6.92 Å². The van der Waals surface area contributed by atoms with Gasteiger partial charge in [-0.1, -0.05) is 17.7 Å². The second-order valence-electron chi connectivity index (χ2n) is 5.49. The summed E-state index contributed by atoms with van der Waals surface area (Å²) in [5.74, 6) is -1.54. The standard InChI is InChI=1S/C18H19NO7S/c1-12-4-7-14(8-5-12)19-27(22,23)16-10-13(6-9-15(16)24-2)18(21)26-11-17(20)25-3/h4-10,19H,11H2,1-3H3. The van der Waals surface area contributed by atoms with Crippen molar-refractivity contribution in [3.8, 4) is 5.75 Å². The van der Waals surface area contributed by atoms with Crippen LogP contribution in [0.25, 0.3) is 0 Å². The number of rotatable bonds is 7. The average Bonchev–Trinajstić information content (AvgIpc) is 2.66. The number of hydrogen-bond acceptors (Lipinski definition) is 7. The van der Waals surface area contributed by atoms with Gasteiger partial charge in [0.25, 0.3) is 10.0 Å². The highest BCUT2D eigenvalue weighted by molar-refractivity contribution is 7.92. The van der Waals surface area contributed by atoms with Crippen LogP contribution in [0.4, 0.5) is 5.69 Å². The molecule has 0 heterocycles. The molecule has 0 aliphatic heterocycles. The molecule has 8 nitrogen and oxygen atoms in total. The van der Waals surface area contributed by atoms with Gasteiger partial charge in [0.15, 0.2) is 6.61 Å². The molecule has 1 N–H and O–H groups in total. The monoisotopic (exact) mass is 393 g/mol. The van der Waals surface area contributed by atoms with Crippen molar-refractivity contribution in [3.05, 3.63) is 53.6 Å². The Morgan fingerprint density at radius 1 is 1.04 bits per heavy atom. The predicted molar refractivity (Wildman–Crippen MR) is 97.3 cm³/mol. The highest BCUT2D eigenvalue weighted by Gasteiger charge is 2.22. The zero-order valence-corrected chi connectivity index (χ0v) is 15.8. The van der Waals surface area contributed by atoms with Gasteiger partial charge in [0.05, 0.1) is 19.8 Å². The van der Waals surface area contributed by atoms with E-state index in [9.17, 15) is 18.0 Å². The number of ether oxygens (including phenoxy) is 3. The quantitative estimate of drug-likeness (QED) is 0.718. The van der Waals surface area contributed by atoms with Crippen LogP contribution in [0, 0.1) is 6.92 Å². The Labute approximate surface area is 157 Å². The van der Waals surface area contributed by atoms with E-state index in [1.54, 1.807) is 24.3 Å². The van der Waals surface area contributed by atoms with Gasteiger partial charge in [0, 0.05) is 5.69 Å². The zero-order chi connectivity index (χ0) is 20.0. The van der Waals surface area contributed by atoms with Crippen LogP contribution in [-0.4, -0.2) is 41.2 Å². The number of carbonyl (C=O) groups is 2. The Kier molecular flexibility index (Phi) is 6.40. The molecule has 0 spiro atoms. The summed E-state index contributed by atoms with van der Waals surface area (Å²) in [6, 6.07) is 10.5. The van der Waals surface area contributed by atoms with Gasteiger partial charge >= 0.3 is 11.9 Å². The lowest BCUT2D eigenvalue weighted by Crippen LogP contribution is -2.17. The van der Waals surface area contributed by atoms with Crippen LogP contribution in [-0.2, 0) is 24.3 Å². The second-order valence-corrected chi connectivity index (χ2v) is 7.14. The van der Waals surface area contributed by atoms with Gasteiger partial charge < -0.3 is 14.2 Å². The molecule has 27 heavy (non-hydrogen) atoms. The highest BCUT2D eigenvalue weighted by Crippen LogP contribution is 2.27. The molecule has 0 aliphatic rings. The summed E-state index contributed by atoms with van der Waals surface area (Å²) in [5, 5.41) is 0. The molecular formula is C18H19NO7S. The van der Waals surface area contributed by atoms with Crippen molar-refractivity contribution in [1.29, 1.82) is 0 Å². The number of sulfonamides is 1. The molecule has 2 aromatic carbocycles. The van der Waals surface area contributed by atoms with Crippen molar-refractivity contribution in [3.63, 3.8) is 0 Å². The Hall–Kier alpha value is -3.07. The number of methoxy groups -OCH3 is 2. The van der Waals surface area contributed by atoms with E-state index in [1.165, 1.54) is 19.2 Å². The van der Waals surface area contributed by atoms with Crippen molar-refractivity contribution >= 4 is 27.6 Å². The third-order valence-electron chi connectivity index (χ3n) is 3.54. The third kappa shape index (κ3) is 5.20. The Morgan fingerprint density at radius 2 is 1.70 bits per heavy atom. The third-order valence-corrected chi connectivity index (χ3v) is 4.94. The van der Waals surface area contributed by atoms with Crippen molar-refractivity contribution in [1.82, 2.24) is 0 Å². The Balaban J connectivity index is 2.31. The maximum Gasteiger partial charge on any atom is 0.344 e. The minimum absolute atomic E-state index is 0.0519. The molecule has 2 rings (SSSR count). The first kappa shape index (κ1) is 20.2. The highest BCUT2D eigenvalue weighted by atomic mass is 32.2. The van der Waals surface area contributed by atoms with Crippen molar-refractivity contribution in [2.45, 2.75) is 11.8 Å². The predicted octanol–water partition coefficient (Wildman–Crippen LogP) is 2.13. The van der Waals surface area contributed by atoms with E-state index in [0.717, 1.165) is 18.7 Å². The van der Waals surface area contributed by atoms with Crippen molar-refractivity contribution in [2.75, 3.05) is 25.5 Å². The van der Waals surface area contributed by atoms with E-state index >= 15 is 0 Å². The molecule has 9 heteroatoms. The van der Waals surface area contributed by atoms with E-state index in [-0.39, 0.29) is 16.2 Å². The van der Waals surface area contributed by atoms with Crippen LogP contribution in [0.1, 0.15) is 15.9 Å². The number of esters is 2. The van der Waals surface area contributed by atoms with E-state index in [0.29, 0.717) is 5.69 Å². The first-order chi connectivity index (χ1) is 12.8. The summed E-state index contributed by atoms with van der Waals surface area (Å²) in [4.78, 5) is 22.9. The Bertz CT molecular complexity index is 937. The number of carbonyl (C=O) groups excluding carboxylic acids is 2. The Morgan fingerprint density at radius 3 is 2.30 bits per heavy atom. The largest absolute Gasteiger partial charge is 0.495 e. The summed E-state index contributed by atoms with van der Waals surface area (Å²) in [7, 11) is -1.56. The second kappa shape index (κ2) is 8.54. The van der Waals surface area contributed by atoms with E-state index in [4.69, 9.17) is 9.47 Å². The fourth-order valence-corrected chi connectivity index (χ4v) is 3.37. The van der Waals surface area contributed by atoms with Gasteiger partial charge in [0.2, 0.25) is 0 Å². The molecule has 0 radical (unpaired) electrons. The van der Waals surface area contributed by atoms with E-state index in [2.05, 4.69) is 9.46 Å².